The molecule has 0 N–H and O–H groups in total. The molecule has 1 aliphatic carbocycles. The fourth-order valence-corrected chi connectivity index (χ4v) is 3.23. The number of rotatable bonds is 8. The van der Waals surface area contributed by atoms with E-state index in [1.165, 1.54) is 51.4 Å². The molecule has 2 unspecified atom stereocenters. The monoisotopic (exact) mass is 239 g/mol. The zero-order chi connectivity index (χ0) is 12.5. The fourth-order valence-electron chi connectivity index (χ4n) is 3.23. The Kier molecular flexibility index (Phi) is 7.46. The van der Waals surface area contributed by atoms with E-state index in [0.717, 1.165) is 24.2 Å². The predicted molar refractivity (Wildman–Crippen MR) is 74.0 cm³/mol. The van der Waals surface area contributed by atoms with Crippen LogP contribution in [0.1, 0.15) is 71.6 Å². The molecule has 0 heterocycles. The van der Waals surface area contributed by atoms with Crippen LogP contribution in [0.3, 0.4) is 0 Å². The van der Waals surface area contributed by atoms with Gasteiger partial charge in [-0.25, -0.2) is 0 Å². The third-order valence-corrected chi connectivity index (χ3v) is 4.44. The quantitative estimate of drug-likeness (QED) is 0.424. The Morgan fingerprint density at radius 3 is 2.65 bits per heavy atom. The zero-order valence-electron chi connectivity index (χ0n) is 11.7. The van der Waals surface area contributed by atoms with Crippen molar-refractivity contribution in [2.45, 2.75) is 71.6 Å². The average Bonchev–Trinajstić information content (AvgIpc) is 2.33. The maximum atomic E-state index is 9.93. The third kappa shape index (κ3) is 6.18. The Labute approximate surface area is 107 Å². The maximum Gasteiger partial charge on any atom is 0.0811 e. The van der Waals surface area contributed by atoms with E-state index in [1.807, 2.05) is 0 Å². The van der Waals surface area contributed by atoms with Crippen LogP contribution < -0.4 is 0 Å². The molecule has 100 valence electrons. The summed E-state index contributed by atoms with van der Waals surface area (Å²) in [6, 6.07) is 0. The number of unbranched alkanes of at least 4 members (excludes halogenated alkanes) is 3. The van der Waals surface area contributed by atoms with E-state index in [9.17, 15) is 4.91 Å². The highest BCUT2D eigenvalue weighted by atomic mass is 16.3. The summed E-state index contributed by atoms with van der Waals surface area (Å²) in [5.41, 5.74) is 0. The number of nitroso groups, excluding NO2 is 1. The van der Waals surface area contributed by atoms with E-state index in [4.69, 9.17) is 0 Å². The van der Waals surface area contributed by atoms with Crippen LogP contribution in [0, 0.1) is 22.7 Å². The van der Waals surface area contributed by atoms with Crippen molar-refractivity contribution in [3.05, 3.63) is 4.91 Å². The van der Waals surface area contributed by atoms with Gasteiger partial charge in [0.25, 0.3) is 0 Å². The second kappa shape index (κ2) is 8.66. The first-order valence-corrected chi connectivity index (χ1v) is 7.53. The number of hydrogen-bond acceptors (Lipinski definition) is 2. The normalized spacial score (nSPS) is 26.7. The van der Waals surface area contributed by atoms with Gasteiger partial charge in [0.1, 0.15) is 0 Å². The first kappa shape index (κ1) is 14.7. The van der Waals surface area contributed by atoms with Gasteiger partial charge in [-0.15, -0.1) is 0 Å². The molecule has 0 spiro atoms. The third-order valence-electron chi connectivity index (χ3n) is 4.44. The molecular formula is C15H29NO. The lowest BCUT2D eigenvalue weighted by molar-refractivity contribution is 0.204. The highest BCUT2D eigenvalue weighted by Crippen LogP contribution is 2.35. The lowest BCUT2D eigenvalue weighted by Gasteiger charge is -2.31. The topological polar surface area (TPSA) is 29.4 Å². The largest absolute Gasteiger partial charge is 0.151 e. The van der Waals surface area contributed by atoms with E-state index in [0.29, 0.717) is 6.54 Å². The lowest BCUT2D eigenvalue weighted by Crippen LogP contribution is -2.19. The minimum atomic E-state index is 0.510. The minimum Gasteiger partial charge on any atom is -0.151 e. The molecule has 1 rings (SSSR count). The smallest absolute Gasteiger partial charge is 0.0811 e. The molecule has 1 aliphatic rings. The Morgan fingerprint density at radius 2 is 1.94 bits per heavy atom. The Bertz CT molecular complexity index is 205. The zero-order valence-corrected chi connectivity index (χ0v) is 11.7. The Morgan fingerprint density at radius 1 is 1.18 bits per heavy atom. The molecule has 1 saturated carbocycles. The van der Waals surface area contributed by atoms with Gasteiger partial charge in [-0.1, -0.05) is 64.0 Å². The highest BCUT2D eigenvalue weighted by molar-refractivity contribution is 4.74. The van der Waals surface area contributed by atoms with Crippen LogP contribution in [0.15, 0.2) is 5.18 Å². The van der Waals surface area contributed by atoms with E-state index in [1.54, 1.807) is 0 Å². The lowest BCUT2D eigenvalue weighted by atomic mass is 9.75. The summed E-state index contributed by atoms with van der Waals surface area (Å²) in [7, 11) is 0. The summed E-state index contributed by atoms with van der Waals surface area (Å²) in [6.07, 6.45) is 12.0. The molecule has 0 amide bonds. The molecular weight excluding hydrogens is 210 g/mol. The predicted octanol–water partition coefficient (Wildman–Crippen LogP) is 5.17. The van der Waals surface area contributed by atoms with Crippen LogP contribution in [0.25, 0.3) is 0 Å². The summed E-state index contributed by atoms with van der Waals surface area (Å²) in [4.78, 5) is 9.93. The summed E-state index contributed by atoms with van der Waals surface area (Å²) >= 11 is 0. The fraction of sp³-hybridized carbons (Fsp3) is 1.00. The molecule has 2 heteroatoms. The van der Waals surface area contributed by atoms with Crippen LogP contribution in [-0.4, -0.2) is 6.54 Å². The standard InChI is InChI=1S/C15H29NO/c1-13-8-7-10-15(12-13)14(2)9-5-3-4-6-11-16-17/h13-15H,3-12H2,1-2H3/t13-,14?,15?/m1/s1. The maximum absolute atomic E-state index is 9.93. The van der Waals surface area contributed by atoms with Crippen molar-refractivity contribution >= 4 is 0 Å². The van der Waals surface area contributed by atoms with E-state index < -0.39 is 0 Å². The van der Waals surface area contributed by atoms with Crippen LogP contribution in [-0.2, 0) is 0 Å². The van der Waals surface area contributed by atoms with Crippen molar-refractivity contribution in [3.63, 3.8) is 0 Å². The van der Waals surface area contributed by atoms with Crippen LogP contribution >= 0.6 is 0 Å². The molecule has 0 aliphatic heterocycles. The van der Waals surface area contributed by atoms with Crippen molar-refractivity contribution in [1.29, 1.82) is 0 Å². The van der Waals surface area contributed by atoms with Crippen LogP contribution in [0.2, 0.25) is 0 Å². The first-order valence-electron chi connectivity index (χ1n) is 7.53. The van der Waals surface area contributed by atoms with E-state index >= 15 is 0 Å². The highest BCUT2D eigenvalue weighted by Gasteiger charge is 2.23. The van der Waals surface area contributed by atoms with Gasteiger partial charge in [0.05, 0.1) is 6.54 Å². The van der Waals surface area contributed by atoms with Gasteiger partial charge < -0.3 is 0 Å². The summed E-state index contributed by atoms with van der Waals surface area (Å²) in [6.45, 7) is 5.36. The summed E-state index contributed by atoms with van der Waals surface area (Å²) < 4.78 is 0. The molecule has 3 atom stereocenters. The SMILES string of the molecule is CC(CCCCCCN=O)C1CCC[C@@H](C)C1. The average molecular weight is 239 g/mol. The molecule has 0 radical (unpaired) electrons. The van der Waals surface area contributed by atoms with Crippen molar-refractivity contribution in [2.24, 2.45) is 22.9 Å². The van der Waals surface area contributed by atoms with Gasteiger partial charge in [-0.05, 0) is 30.6 Å². The van der Waals surface area contributed by atoms with Crippen molar-refractivity contribution in [1.82, 2.24) is 0 Å². The van der Waals surface area contributed by atoms with Crippen molar-refractivity contribution < 1.29 is 0 Å². The van der Waals surface area contributed by atoms with Crippen LogP contribution in [0.4, 0.5) is 0 Å². The first-order chi connectivity index (χ1) is 8.24. The minimum absolute atomic E-state index is 0.510. The number of hydrogen-bond donors (Lipinski definition) is 0. The molecule has 0 bridgehead atoms. The molecule has 0 aromatic rings. The van der Waals surface area contributed by atoms with E-state index in [-0.39, 0.29) is 0 Å². The molecule has 1 fully saturated rings. The van der Waals surface area contributed by atoms with Gasteiger partial charge >= 0.3 is 0 Å². The van der Waals surface area contributed by atoms with Crippen LogP contribution in [0.5, 0.6) is 0 Å². The second-order valence-corrected chi connectivity index (χ2v) is 6.06. The number of nitrogens with zero attached hydrogens (tertiary/aromatic N) is 1. The summed E-state index contributed by atoms with van der Waals surface area (Å²) in [5, 5.41) is 2.90. The Hall–Kier alpha value is -0.400. The van der Waals surface area contributed by atoms with Crippen molar-refractivity contribution in [2.75, 3.05) is 6.54 Å². The van der Waals surface area contributed by atoms with Gasteiger partial charge in [-0.2, -0.15) is 4.91 Å². The molecule has 2 nitrogen and oxygen atoms in total. The van der Waals surface area contributed by atoms with Crippen molar-refractivity contribution in [3.8, 4) is 0 Å². The Balaban J connectivity index is 2.03. The van der Waals surface area contributed by atoms with Gasteiger partial charge in [0, 0.05) is 0 Å². The summed E-state index contributed by atoms with van der Waals surface area (Å²) in [5.74, 6) is 2.84. The molecule has 0 aromatic carbocycles. The van der Waals surface area contributed by atoms with Gasteiger partial charge in [0.15, 0.2) is 0 Å². The van der Waals surface area contributed by atoms with Gasteiger partial charge in [-0.3, -0.25) is 0 Å². The van der Waals surface area contributed by atoms with Gasteiger partial charge in [0.2, 0.25) is 0 Å². The van der Waals surface area contributed by atoms with E-state index in [2.05, 4.69) is 19.0 Å². The molecule has 17 heavy (non-hydrogen) atoms. The molecule has 0 aromatic heterocycles. The second-order valence-electron chi connectivity index (χ2n) is 6.06. The molecule has 0 saturated heterocycles.